The number of hydrogen-bond acceptors (Lipinski definition) is 26. The van der Waals surface area contributed by atoms with Crippen LogP contribution >= 0.6 is 0 Å². The zero-order valence-electron chi connectivity index (χ0n) is 75.6. The average molecular weight is 2050 g/mol. The second-order valence-corrected chi connectivity index (χ2v) is 29.0. The van der Waals surface area contributed by atoms with Gasteiger partial charge in [0.15, 0.2) is 0 Å². The van der Waals surface area contributed by atoms with Crippen molar-refractivity contribution < 1.29 is 735 Å². The summed E-state index contributed by atoms with van der Waals surface area (Å²) in [5, 5.41) is 149. The van der Waals surface area contributed by atoms with E-state index in [0.717, 1.165) is 0 Å². The van der Waals surface area contributed by atoms with Gasteiger partial charge in [-0.1, -0.05) is 0 Å². The molecule has 8 bridgehead atoms. The summed E-state index contributed by atoms with van der Waals surface area (Å²) in [5.74, 6) is -17.4. The van der Waals surface area contributed by atoms with Crippen molar-refractivity contribution in [2.75, 3.05) is 0 Å². The van der Waals surface area contributed by atoms with Crippen molar-refractivity contribution >= 4 is 118 Å². The second kappa shape index (κ2) is 73.8. The van der Waals surface area contributed by atoms with Crippen LogP contribution in [0, 0.1) is 0 Å². The molecule has 2 N–H and O–H groups in total. The zero-order chi connectivity index (χ0) is 83.9. The van der Waals surface area contributed by atoms with E-state index in [1.165, 1.54) is 48.5 Å². The van der Waals surface area contributed by atoms with Crippen LogP contribution in [0.1, 0.15) is 263 Å². The SMILES string of the molecule is O=C([O-])CCCCc1cc(C(=O)[O-])cc(CCCCC(=O)[O-])c1-c1c2nc(c(-c3c(CCCCC(=O)[O-])cc(C(=O)[O-])cc3CCCCC(=O)[O-])c3ccc([nH]3)c(-c3c(CCCCC(=O)[O-])cc(C(=O)[O-])cc3CCCCC(=O)[O-])c3nc(c(-c4c(CCCCC(=O)[O-])cc(C(=O)[O-])cc4CCCCC(=O)[O-])c4ccc1[nH]4)C=C3)C=C2.[K+].[K+].[K+].[K+].[K+].[K+].[K+].[K+].[K+].[K+].[K+].[K+]. The van der Waals surface area contributed by atoms with Gasteiger partial charge in [0.05, 0.1) is 46.7 Å². The predicted octanol–water partition coefficient (Wildman–Crippen LogP) is -35.5. The van der Waals surface area contributed by atoms with E-state index in [4.69, 9.17) is 9.97 Å². The summed E-state index contributed by atoms with van der Waals surface area (Å²) < 4.78 is 0. The molecule has 0 saturated heterocycles. The number of H-pyrrole nitrogens is 2. The fourth-order valence-corrected chi connectivity index (χ4v) is 15.3. The van der Waals surface area contributed by atoms with Gasteiger partial charge in [-0.25, -0.2) is 9.97 Å². The molecule has 0 aliphatic carbocycles. The number of aromatic amines is 2. The van der Waals surface area contributed by atoms with E-state index in [1.807, 2.05) is 0 Å². The number of aromatic carboxylic acids is 4. The number of carboxylic acids is 12. The number of aromatic nitrogens is 4. The summed E-state index contributed by atoms with van der Waals surface area (Å²) >= 11 is 0. The van der Waals surface area contributed by atoms with Crippen LogP contribution in [0.25, 0.3) is 90.9 Å². The number of carbonyl (C=O) groups excluding carboxylic acids is 12. The summed E-state index contributed by atoms with van der Waals surface area (Å²) in [5.41, 5.74) is 4.84. The fourth-order valence-electron chi connectivity index (χ4n) is 15.3. The van der Waals surface area contributed by atoms with Gasteiger partial charge in [0.25, 0.3) is 0 Å². The number of carboxylic acid groups (broad SMARTS) is 12. The van der Waals surface area contributed by atoms with Crippen molar-refractivity contribution in [2.45, 2.75) is 205 Å². The van der Waals surface area contributed by atoms with Crippen LogP contribution in [-0.2, 0) is 89.7 Å². The first kappa shape index (κ1) is 141. The first-order valence-electron chi connectivity index (χ1n) is 38.7. The molecule has 9 rings (SSSR count). The third kappa shape index (κ3) is 44.8. The van der Waals surface area contributed by atoms with Gasteiger partial charge in [0, 0.05) is 92.1 Å². The normalized spacial score (nSPS) is 10.5. The molecule has 3 aromatic heterocycles. The van der Waals surface area contributed by atoms with Gasteiger partial charge in [0.2, 0.25) is 0 Å². The van der Waals surface area contributed by atoms with Crippen LogP contribution < -0.4 is 678 Å². The number of unbranched alkanes of at least 4 members (excludes halogenated alkanes) is 8. The number of nitrogens with zero attached hydrogens (tertiary/aromatic N) is 2. The first-order chi connectivity index (χ1) is 55.5. The van der Waals surface area contributed by atoms with Crippen LogP contribution in [-0.4, -0.2) is 91.6 Å². The Morgan fingerprint density at radius 2 is 0.336 bits per heavy atom. The molecule has 0 fully saturated rings. The maximum Gasteiger partial charge on any atom is 1.00 e. The number of hydrogen-bond donors (Lipinski definition) is 2. The molecule has 28 nitrogen and oxygen atoms in total. The number of aliphatic carboxylic acids is 8. The number of fused-ring (bicyclic) bond motifs is 8. The molecular formula is C88H82K12N4O24. The molecule has 7 aromatic rings. The van der Waals surface area contributed by atoms with Crippen molar-refractivity contribution in [3.8, 4) is 44.5 Å². The number of nitrogens with one attached hydrogen (secondary N) is 2. The Labute approximate surface area is 1250 Å². The Morgan fingerprint density at radius 1 is 0.203 bits per heavy atom. The largest absolute Gasteiger partial charge is 1.00 e. The minimum atomic E-state index is -1.61. The van der Waals surface area contributed by atoms with Crippen molar-refractivity contribution in [2.24, 2.45) is 0 Å². The first-order valence-corrected chi connectivity index (χ1v) is 38.7. The molecule has 40 heteroatoms. The molecule has 4 aromatic carbocycles. The van der Waals surface area contributed by atoms with E-state index in [9.17, 15) is 119 Å². The molecule has 0 amide bonds. The number of aryl methyl sites for hydroxylation is 8. The van der Waals surface area contributed by atoms with Crippen molar-refractivity contribution in [1.29, 1.82) is 0 Å². The summed E-state index contributed by atoms with van der Waals surface area (Å²) in [7, 11) is 0. The van der Waals surface area contributed by atoms with E-state index >= 15 is 0 Å². The Hall–Kier alpha value is 6.76. The molecule has 610 valence electrons. The van der Waals surface area contributed by atoms with Crippen LogP contribution in [0.5, 0.6) is 0 Å². The zero-order valence-corrected chi connectivity index (χ0v) is 113. The number of benzene rings is 4. The maximum absolute atomic E-state index is 13.3. The Balaban J connectivity index is -0.00000641. The minimum absolute atomic E-state index is 0. The third-order valence-electron chi connectivity index (χ3n) is 20.5. The van der Waals surface area contributed by atoms with Gasteiger partial charge < -0.3 is 129 Å². The van der Waals surface area contributed by atoms with Crippen LogP contribution in [0.4, 0.5) is 0 Å². The van der Waals surface area contributed by atoms with E-state index in [-0.39, 0.29) is 860 Å². The standard InChI is InChI=1S/C88H94N4O24.12K/c93-69(94)25-9-1-17-49-41-57(85(109)110)42-50(18-2-10-26-70(95)96)77(49)81-61-33-35-63(89-61)82(78-51(19-3-11-27-71(97)98)43-58(86(111)112)44-52(78)20-4-12-28-72(99)100)65-37-39-67(91-65)84(80-55(23-7-15-31-75(105)106)47-60(88(115)116)48-56(80)24-8-16-32-76(107)108)68-40-38-66(92-68)83(64-36-34-62(81)90-64)79-53(21-5-13-29-73(101)102)45-59(87(113)114)46-54(79)22-6-14-30-74(103)104;;;;;;;;;;;;/h33-48,89,92H,1-32H2,(H,93,94)(H,95,96)(H,97,98)(H,99,100)(H,101,102)(H,103,104)(H,105,106)(H,107,108)(H,109,110)(H,111,112)(H,113,114)(H,115,116);;;;;;;;;;;;/q;12*+1/p-12. The Kier molecular flexibility index (Phi) is 81.3. The summed E-state index contributed by atoms with van der Waals surface area (Å²) in [4.78, 5) is 167. The monoisotopic (exact) mass is 2050 g/mol. The van der Waals surface area contributed by atoms with Crippen LogP contribution in [0.3, 0.4) is 0 Å². The molecule has 2 aliphatic rings. The summed E-state index contributed by atoms with van der Waals surface area (Å²) in [6, 6.07) is 17.6. The van der Waals surface area contributed by atoms with Gasteiger partial charge in [-0.05, 0) is 392 Å². The summed E-state index contributed by atoms with van der Waals surface area (Å²) in [6.07, 6.45) is 4.45. The van der Waals surface area contributed by atoms with E-state index < -0.39 is 123 Å². The summed E-state index contributed by atoms with van der Waals surface area (Å²) in [6.45, 7) is 0. The van der Waals surface area contributed by atoms with E-state index in [0.29, 0.717) is 66.8 Å². The predicted molar refractivity (Wildman–Crippen MR) is 398 cm³/mol. The van der Waals surface area contributed by atoms with Gasteiger partial charge in [-0.15, -0.1) is 0 Å². The van der Waals surface area contributed by atoms with Gasteiger partial charge in [0.1, 0.15) is 0 Å². The van der Waals surface area contributed by atoms with Gasteiger partial charge >= 0.3 is 617 Å². The van der Waals surface area contributed by atoms with Crippen molar-refractivity contribution in [1.82, 2.24) is 19.9 Å². The molecule has 0 radical (unpaired) electrons. The van der Waals surface area contributed by atoms with Gasteiger partial charge in [-0.3, -0.25) is 0 Å². The van der Waals surface area contributed by atoms with Gasteiger partial charge in [-0.2, -0.15) is 0 Å². The van der Waals surface area contributed by atoms with Crippen molar-refractivity contribution in [3.63, 3.8) is 0 Å². The third-order valence-corrected chi connectivity index (χ3v) is 20.5. The second-order valence-electron chi connectivity index (χ2n) is 29.0. The molecule has 5 heterocycles. The van der Waals surface area contributed by atoms with Crippen molar-refractivity contribution in [3.05, 3.63) is 162 Å². The van der Waals surface area contributed by atoms with Crippen LogP contribution in [0.15, 0.2) is 72.8 Å². The molecular weight excluding hydrogens is 1970 g/mol. The fraction of sp³-hybridized carbons (Fsp3) is 0.364. The average Bonchev–Trinajstić information content (AvgIpc) is 1.58. The Morgan fingerprint density at radius 3 is 0.453 bits per heavy atom. The van der Waals surface area contributed by atoms with E-state index in [1.54, 1.807) is 48.6 Å². The number of carbonyl (C=O) groups is 12. The van der Waals surface area contributed by atoms with Crippen LogP contribution in [0.2, 0.25) is 0 Å². The minimum Gasteiger partial charge on any atom is -0.550 e. The van der Waals surface area contributed by atoms with E-state index in [2.05, 4.69) is 9.97 Å². The smallest absolute Gasteiger partial charge is 0.550 e. The number of rotatable bonds is 48. The quantitative estimate of drug-likeness (QED) is 0.0264. The Bertz CT molecular complexity index is 4490. The molecule has 0 spiro atoms. The molecule has 2 aliphatic heterocycles. The molecule has 128 heavy (non-hydrogen) atoms. The molecule has 0 atom stereocenters. The molecule has 0 unspecified atom stereocenters. The molecule has 0 saturated carbocycles. The topological polar surface area (TPSA) is 539 Å². The maximum atomic E-state index is 13.3.